The summed E-state index contributed by atoms with van der Waals surface area (Å²) in [4.78, 5) is 25.8. The molecule has 0 saturated carbocycles. The summed E-state index contributed by atoms with van der Waals surface area (Å²) < 4.78 is 68.0. The molecule has 1 aliphatic rings. The van der Waals surface area contributed by atoms with Crippen molar-refractivity contribution in [3.8, 4) is 6.01 Å². The predicted octanol–water partition coefficient (Wildman–Crippen LogP) is 2.97. The Morgan fingerprint density at radius 1 is 1.36 bits per heavy atom. The average molecular weight is 501 g/mol. The Morgan fingerprint density at radius 3 is 2.68 bits per heavy atom. The third kappa shape index (κ3) is 4.20. The molecule has 0 amide bonds. The second-order valence-electron chi connectivity index (χ2n) is 6.40. The van der Waals surface area contributed by atoms with Gasteiger partial charge in [0, 0.05) is 21.6 Å². The second kappa shape index (κ2) is 7.56. The van der Waals surface area contributed by atoms with Crippen LogP contribution in [0.4, 0.5) is 8.78 Å². The van der Waals surface area contributed by atoms with Crippen LogP contribution in [0.25, 0.3) is 10.9 Å². The van der Waals surface area contributed by atoms with Crippen molar-refractivity contribution in [2.75, 3.05) is 12.4 Å². The van der Waals surface area contributed by atoms with E-state index in [2.05, 4.69) is 25.9 Å². The number of halogens is 3. The second-order valence-corrected chi connectivity index (χ2v) is 11.3. The lowest BCUT2D eigenvalue weighted by Crippen LogP contribution is -2.19. The quantitative estimate of drug-likeness (QED) is 0.579. The molecular formula is C15H16BrF2N2O6PS. The van der Waals surface area contributed by atoms with E-state index >= 15 is 0 Å². The lowest BCUT2D eigenvalue weighted by Gasteiger charge is -2.19. The summed E-state index contributed by atoms with van der Waals surface area (Å²) in [5, 5.41) is -0.125. The minimum absolute atomic E-state index is 0.00446. The molecule has 1 saturated heterocycles. The lowest BCUT2D eigenvalue weighted by atomic mass is 10.1. The number of rotatable bonds is 6. The molecule has 8 nitrogen and oxygen atoms in total. The first-order valence-corrected chi connectivity index (χ1v) is 12.3. The van der Waals surface area contributed by atoms with Crippen LogP contribution in [0.15, 0.2) is 22.8 Å². The molecule has 3 rings (SSSR count). The van der Waals surface area contributed by atoms with Gasteiger partial charge in [-0.05, 0) is 31.4 Å². The van der Waals surface area contributed by atoms with E-state index in [0.29, 0.717) is 18.2 Å². The maximum Gasteiger partial charge on any atom is 0.399 e. The molecule has 2 heterocycles. The van der Waals surface area contributed by atoms with Crippen LogP contribution < -0.4 is 4.74 Å². The number of ether oxygens (including phenoxy) is 1. The Bertz CT molecular complexity index is 1060. The number of hydrogen-bond acceptors (Lipinski definition) is 6. The molecule has 2 N–H and O–H groups in total. The zero-order chi connectivity index (χ0) is 20.7. The Hall–Kier alpha value is -1.20. The monoisotopic (exact) mass is 500 g/mol. The van der Waals surface area contributed by atoms with Gasteiger partial charge in [-0.1, -0.05) is 15.9 Å². The molecule has 0 radical (unpaired) electrons. The molecule has 1 atom stereocenters. The highest BCUT2D eigenvalue weighted by molar-refractivity contribution is 9.10. The number of hydrogen-bond donors (Lipinski definition) is 2. The smallest absolute Gasteiger partial charge is 0.399 e. The fourth-order valence-corrected chi connectivity index (χ4v) is 6.10. The van der Waals surface area contributed by atoms with E-state index in [1.807, 2.05) is 0 Å². The average Bonchev–Trinajstić information content (AvgIpc) is 2.92. The first kappa shape index (κ1) is 21.5. The van der Waals surface area contributed by atoms with Gasteiger partial charge in [0.05, 0.1) is 23.1 Å². The fourth-order valence-electron chi connectivity index (χ4n) is 2.96. The van der Waals surface area contributed by atoms with Crippen LogP contribution in [-0.4, -0.2) is 45.8 Å². The van der Waals surface area contributed by atoms with E-state index in [4.69, 9.17) is 14.5 Å². The zero-order valence-electron chi connectivity index (χ0n) is 14.3. The number of aromatic nitrogens is 2. The highest BCUT2D eigenvalue weighted by Gasteiger charge is 2.51. The predicted molar refractivity (Wildman–Crippen MR) is 100 cm³/mol. The molecule has 1 aromatic heterocycles. The molecule has 0 aliphatic carbocycles. The summed E-state index contributed by atoms with van der Waals surface area (Å²) in [5.74, 6) is 0.162. The highest BCUT2D eigenvalue weighted by atomic mass is 79.9. The van der Waals surface area contributed by atoms with Crippen LogP contribution >= 0.6 is 23.5 Å². The van der Waals surface area contributed by atoms with Crippen molar-refractivity contribution in [3.05, 3.63) is 28.4 Å². The molecule has 1 aliphatic heterocycles. The topological polar surface area (TPSA) is 127 Å². The van der Waals surface area contributed by atoms with Crippen LogP contribution in [-0.2, 0) is 20.1 Å². The molecule has 2 aromatic rings. The third-order valence-corrected chi connectivity index (χ3v) is 8.44. The van der Waals surface area contributed by atoms with Gasteiger partial charge < -0.3 is 14.5 Å². The summed E-state index contributed by atoms with van der Waals surface area (Å²) in [6, 6.07) is 1.94. The normalized spacial score (nSPS) is 19.8. The summed E-state index contributed by atoms with van der Waals surface area (Å²) in [6.07, 6.45) is 2.77. The van der Waals surface area contributed by atoms with Crippen molar-refractivity contribution in [1.29, 1.82) is 0 Å². The van der Waals surface area contributed by atoms with Gasteiger partial charge in [-0.2, -0.15) is 13.8 Å². The van der Waals surface area contributed by atoms with E-state index in [-0.39, 0.29) is 34.8 Å². The van der Waals surface area contributed by atoms with Crippen molar-refractivity contribution in [2.24, 2.45) is 0 Å². The number of sulfone groups is 1. The van der Waals surface area contributed by atoms with Gasteiger partial charge >= 0.3 is 19.3 Å². The SMILES string of the molecule is O=P(O)(O)C(F)(F)c1cc2nc(OCC[C@H]3CCCS3(=O)=O)ncc2cc1Br. The van der Waals surface area contributed by atoms with E-state index in [1.54, 1.807) is 0 Å². The number of fused-ring (bicyclic) bond motifs is 1. The maximum atomic E-state index is 14.1. The number of nitrogens with zero attached hydrogens (tertiary/aromatic N) is 2. The summed E-state index contributed by atoms with van der Waals surface area (Å²) >= 11 is 2.89. The van der Waals surface area contributed by atoms with E-state index in [0.717, 1.165) is 6.07 Å². The zero-order valence-corrected chi connectivity index (χ0v) is 17.6. The number of alkyl halides is 2. The Morgan fingerprint density at radius 2 is 2.07 bits per heavy atom. The van der Waals surface area contributed by atoms with Gasteiger partial charge in [0.2, 0.25) is 0 Å². The Labute approximate surface area is 167 Å². The lowest BCUT2D eigenvalue weighted by molar-refractivity contribution is 0.0558. The first-order valence-electron chi connectivity index (χ1n) is 8.16. The van der Waals surface area contributed by atoms with Gasteiger partial charge in [-0.25, -0.2) is 13.4 Å². The molecule has 1 aromatic carbocycles. The van der Waals surface area contributed by atoms with Gasteiger partial charge in [-0.3, -0.25) is 4.57 Å². The molecule has 0 unspecified atom stereocenters. The van der Waals surface area contributed by atoms with Crippen LogP contribution in [0, 0.1) is 0 Å². The molecule has 1 fully saturated rings. The van der Waals surface area contributed by atoms with Crippen molar-refractivity contribution >= 4 is 44.3 Å². The van der Waals surface area contributed by atoms with Crippen LogP contribution in [0.2, 0.25) is 0 Å². The minimum atomic E-state index is -5.74. The van der Waals surface area contributed by atoms with Gasteiger partial charge in [-0.15, -0.1) is 0 Å². The van der Waals surface area contributed by atoms with Crippen molar-refractivity contribution in [3.63, 3.8) is 0 Å². The molecular weight excluding hydrogens is 485 g/mol. The molecule has 0 spiro atoms. The molecule has 28 heavy (non-hydrogen) atoms. The largest absolute Gasteiger partial charge is 0.463 e. The molecule has 13 heteroatoms. The fraction of sp³-hybridized carbons (Fsp3) is 0.467. The standard InChI is InChI=1S/C15H16BrF2N2O6PS/c16-12-6-9-8-19-14(26-4-3-10-2-1-5-28(10,24)25)20-13(9)7-11(12)15(17,18)27(21,22)23/h6-8,10H,1-5H2,(H2,21,22,23)/t10-/m1/s1. The minimum Gasteiger partial charge on any atom is -0.463 e. The van der Waals surface area contributed by atoms with Crippen LogP contribution in [0.1, 0.15) is 24.8 Å². The van der Waals surface area contributed by atoms with E-state index < -0.39 is 33.9 Å². The van der Waals surface area contributed by atoms with E-state index in [9.17, 15) is 21.8 Å². The Kier molecular flexibility index (Phi) is 5.81. The van der Waals surface area contributed by atoms with Crippen LogP contribution in [0.3, 0.4) is 0 Å². The summed E-state index contributed by atoms with van der Waals surface area (Å²) in [7, 11) is -8.84. The third-order valence-electron chi connectivity index (χ3n) is 4.47. The molecule has 0 bridgehead atoms. The van der Waals surface area contributed by atoms with Crippen molar-refractivity contribution < 1.29 is 36.3 Å². The first-order chi connectivity index (χ1) is 12.9. The summed E-state index contributed by atoms with van der Waals surface area (Å²) in [6.45, 7) is 0.0391. The summed E-state index contributed by atoms with van der Waals surface area (Å²) in [5.41, 5.74) is -5.30. The number of benzene rings is 1. The van der Waals surface area contributed by atoms with Gasteiger partial charge in [0.25, 0.3) is 0 Å². The van der Waals surface area contributed by atoms with E-state index in [1.165, 1.54) is 12.3 Å². The van der Waals surface area contributed by atoms with Crippen molar-refractivity contribution in [1.82, 2.24) is 9.97 Å². The maximum absolute atomic E-state index is 14.1. The highest BCUT2D eigenvalue weighted by Crippen LogP contribution is 2.60. The van der Waals surface area contributed by atoms with Gasteiger partial charge in [0.15, 0.2) is 9.84 Å². The van der Waals surface area contributed by atoms with Crippen molar-refractivity contribution in [2.45, 2.75) is 30.2 Å². The Balaban J connectivity index is 1.82. The van der Waals surface area contributed by atoms with Gasteiger partial charge in [0.1, 0.15) is 0 Å². The van der Waals surface area contributed by atoms with Crippen LogP contribution in [0.5, 0.6) is 6.01 Å². The molecule has 154 valence electrons.